The third kappa shape index (κ3) is 4.70. The summed E-state index contributed by atoms with van der Waals surface area (Å²) in [5.74, 6) is 0.629. The van der Waals surface area contributed by atoms with Crippen molar-refractivity contribution in [3.05, 3.63) is 89.8 Å². The summed E-state index contributed by atoms with van der Waals surface area (Å²) in [7, 11) is 0. The van der Waals surface area contributed by atoms with E-state index in [-0.39, 0.29) is 11.8 Å². The van der Waals surface area contributed by atoms with Crippen molar-refractivity contribution >= 4 is 17.4 Å². The van der Waals surface area contributed by atoms with Crippen molar-refractivity contribution < 1.29 is 4.79 Å². The number of nitrogens with zero attached hydrogens (tertiary/aromatic N) is 8. The number of hydrogen-bond acceptors (Lipinski definition) is 6. The molecule has 4 aromatic heterocycles. The van der Waals surface area contributed by atoms with Gasteiger partial charge in [0.15, 0.2) is 5.65 Å². The van der Waals surface area contributed by atoms with Crippen LogP contribution >= 0.6 is 0 Å². The first kappa shape index (κ1) is 24.1. The van der Waals surface area contributed by atoms with Gasteiger partial charge in [-0.05, 0) is 57.5 Å². The van der Waals surface area contributed by atoms with Gasteiger partial charge in [0.05, 0.1) is 23.3 Å². The van der Waals surface area contributed by atoms with E-state index in [0.717, 1.165) is 50.4 Å². The smallest absolute Gasteiger partial charge is 0.262 e. The highest BCUT2D eigenvalue weighted by Gasteiger charge is 2.26. The molecule has 38 heavy (non-hydrogen) atoms. The van der Waals surface area contributed by atoms with Gasteiger partial charge in [0.1, 0.15) is 11.4 Å². The number of aromatic nitrogens is 7. The summed E-state index contributed by atoms with van der Waals surface area (Å²) in [5.41, 5.74) is 5.20. The highest BCUT2D eigenvalue weighted by molar-refractivity contribution is 6.07. The van der Waals surface area contributed by atoms with E-state index in [1.54, 1.807) is 29.2 Å². The van der Waals surface area contributed by atoms with Gasteiger partial charge in [0.2, 0.25) is 0 Å². The normalized spacial score (nSPS) is 16.2. The molecule has 0 aliphatic carbocycles. The molecule has 1 amide bonds. The molecule has 0 radical (unpaired) electrons. The Bertz CT molecular complexity index is 1560. The van der Waals surface area contributed by atoms with Crippen LogP contribution in [-0.4, -0.2) is 58.1 Å². The summed E-state index contributed by atoms with van der Waals surface area (Å²) in [4.78, 5) is 20.1. The summed E-state index contributed by atoms with van der Waals surface area (Å²) in [6.07, 6.45) is 9.00. The van der Waals surface area contributed by atoms with Crippen molar-refractivity contribution in [2.75, 3.05) is 18.4 Å². The molecule has 1 atom stereocenters. The van der Waals surface area contributed by atoms with Crippen molar-refractivity contribution in [2.24, 2.45) is 0 Å². The van der Waals surface area contributed by atoms with Crippen molar-refractivity contribution in [3.8, 4) is 5.69 Å². The first-order chi connectivity index (χ1) is 18.6. The van der Waals surface area contributed by atoms with Crippen molar-refractivity contribution in [1.29, 1.82) is 0 Å². The van der Waals surface area contributed by atoms with Gasteiger partial charge < -0.3 is 5.32 Å². The lowest BCUT2D eigenvalue weighted by atomic mass is 9.95. The van der Waals surface area contributed by atoms with E-state index in [1.807, 2.05) is 29.1 Å². The molecule has 5 aromatic rings. The van der Waals surface area contributed by atoms with E-state index in [9.17, 15) is 4.79 Å². The average Bonchev–Trinajstić information content (AvgIpc) is 3.68. The van der Waals surface area contributed by atoms with E-state index >= 15 is 0 Å². The minimum absolute atomic E-state index is 0.266. The second kappa shape index (κ2) is 10.2. The standard InChI is InChI=1S/C28H31N9O/c1-3-35-23(11-13-30-35)19-34-14-4-6-21(18-34)25-16-26(37(33-25)22-9-7-20(2)8-10-22)32-28(38)24-17-31-36-15-5-12-29-27(24)36/h5,7-13,15-17,21H,3-4,6,14,18-19H2,1-2H3,(H,32,38). The fourth-order valence-corrected chi connectivity index (χ4v) is 5.19. The van der Waals surface area contributed by atoms with Gasteiger partial charge in [0.25, 0.3) is 5.91 Å². The topological polar surface area (TPSA) is 98.2 Å². The Kier molecular flexibility index (Phi) is 6.47. The minimum atomic E-state index is -0.267. The molecule has 5 heterocycles. The summed E-state index contributed by atoms with van der Waals surface area (Å²) >= 11 is 0. The van der Waals surface area contributed by atoms with Gasteiger partial charge in [-0.1, -0.05) is 17.7 Å². The lowest BCUT2D eigenvalue weighted by Gasteiger charge is -2.31. The average molecular weight is 510 g/mol. The number of carbonyl (C=O) groups is 1. The molecule has 1 N–H and O–H groups in total. The van der Waals surface area contributed by atoms with Crippen molar-refractivity contribution in [3.63, 3.8) is 0 Å². The van der Waals surface area contributed by atoms with Crippen LogP contribution in [0.15, 0.2) is 67.3 Å². The lowest BCUT2D eigenvalue weighted by molar-refractivity contribution is 0.102. The van der Waals surface area contributed by atoms with Crippen LogP contribution in [0, 0.1) is 6.92 Å². The van der Waals surface area contributed by atoms with Crippen LogP contribution in [0.1, 0.15) is 53.0 Å². The predicted molar refractivity (Wildman–Crippen MR) is 144 cm³/mol. The minimum Gasteiger partial charge on any atom is -0.306 e. The number of nitrogens with one attached hydrogen (secondary N) is 1. The summed E-state index contributed by atoms with van der Waals surface area (Å²) in [6, 6.07) is 14.1. The summed E-state index contributed by atoms with van der Waals surface area (Å²) < 4.78 is 5.48. The first-order valence-corrected chi connectivity index (χ1v) is 13.1. The maximum atomic E-state index is 13.3. The van der Waals surface area contributed by atoms with Crippen LogP contribution in [0.5, 0.6) is 0 Å². The molecule has 1 aliphatic heterocycles. The molecule has 0 spiro atoms. The fraction of sp³-hybridized carbons (Fsp3) is 0.321. The third-order valence-corrected chi connectivity index (χ3v) is 7.19. The van der Waals surface area contributed by atoms with Gasteiger partial charge in [0, 0.05) is 50.2 Å². The van der Waals surface area contributed by atoms with Gasteiger partial charge in [-0.15, -0.1) is 0 Å². The Morgan fingerprint density at radius 3 is 2.84 bits per heavy atom. The zero-order chi connectivity index (χ0) is 26.1. The Morgan fingerprint density at radius 2 is 2.00 bits per heavy atom. The number of amides is 1. The molecular formula is C28H31N9O. The van der Waals surface area contributed by atoms with Crippen LogP contribution in [0.25, 0.3) is 11.3 Å². The molecule has 1 aliphatic rings. The van der Waals surface area contributed by atoms with E-state index in [0.29, 0.717) is 17.0 Å². The maximum Gasteiger partial charge on any atom is 0.262 e. The fourth-order valence-electron chi connectivity index (χ4n) is 5.19. The Balaban J connectivity index is 1.29. The molecule has 10 heteroatoms. The van der Waals surface area contributed by atoms with Crippen molar-refractivity contribution in [1.82, 2.24) is 39.1 Å². The number of likely N-dealkylation sites (tertiary alicyclic amines) is 1. The molecular weight excluding hydrogens is 478 g/mol. The molecule has 0 saturated carbocycles. The van der Waals surface area contributed by atoms with Gasteiger partial charge >= 0.3 is 0 Å². The van der Waals surface area contributed by atoms with Crippen LogP contribution in [0.4, 0.5) is 5.82 Å². The second-order valence-corrected chi connectivity index (χ2v) is 9.81. The molecule has 1 fully saturated rings. The third-order valence-electron chi connectivity index (χ3n) is 7.19. The highest BCUT2D eigenvalue weighted by Crippen LogP contribution is 2.30. The quantitative estimate of drug-likeness (QED) is 0.355. The summed E-state index contributed by atoms with van der Waals surface area (Å²) in [6.45, 7) is 7.87. The number of piperidine rings is 1. The first-order valence-electron chi connectivity index (χ1n) is 13.1. The second-order valence-electron chi connectivity index (χ2n) is 9.81. The van der Waals surface area contributed by atoms with E-state index < -0.39 is 0 Å². The number of benzene rings is 1. The van der Waals surface area contributed by atoms with Gasteiger partial charge in [-0.25, -0.2) is 14.2 Å². The van der Waals surface area contributed by atoms with E-state index in [4.69, 9.17) is 5.10 Å². The van der Waals surface area contributed by atoms with E-state index in [2.05, 4.69) is 62.1 Å². The van der Waals surface area contributed by atoms with Crippen LogP contribution in [0.2, 0.25) is 0 Å². The number of rotatable bonds is 7. The Morgan fingerprint density at radius 1 is 1.13 bits per heavy atom. The lowest BCUT2D eigenvalue weighted by Crippen LogP contribution is -2.34. The number of fused-ring (bicyclic) bond motifs is 1. The maximum absolute atomic E-state index is 13.3. The molecule has 1 saturated heterocycles. The molecule has 10 nitrogen and oxygen atoms in total. The number of carbonyl (C=O) groups excluding carboxylic acids is 1. The zero-order valence-electron chi connectivity index (χ0n) is 21.7. The Labute approximate surface area is 220 Å². The highest BCUT2D eigenvalue weighted by atomic mass is 16.1. The monoisotopic (exact) mass is 509 g/mol. The molecule has 1 unspecified atom stereocenters. The number of anilines is 1. The predicted octanol–water partition coefficient (Wildman–Crippen LogP) is 4.07. The number of aryl methyl sites for hydroxylation is 2. The molecule has 6 rings (SSSR count). The van der Waals surface area contributed by atoms with Crippen LogP contribution in [0.3, 0.4) is 0 Å². The zero-order valence-corrected chi connectivity index (χ0v) is 21.7. The Hall–Kier alpha value is -4.31. The summed E-state index contributed by atoms with van der Waals surface area (Å²) in [5, 5.41) is 16.8. The van der Waals surface area contributed by atoms with E-state index in [1.165, 1.54) is 11.3 Å². The van der Waals surface area contributed by atoms with Crippen LogP contribution < -0.4 is 5.32 Å². The number of hydrogen-bond donors (Lipinski definition) is 1. The molecule has 1 aromatic carbocycles. The molecule has 0 bridgehead atoms. The molecule has 194 valence electrons. The van der Waals surface area contributed by atoms with Crippen LogP contribution in [-0.2, 0) is 13.1 Å². The van der Waals surface area contributed by atoms with Crippen molar-refractivity contribution in [2.45, 2.75) is 45.7 Å². The van der Waals surface area contributed by atoms with Gasteiger partial charge in [-0.2, -0.15) is 15.3 Å². The largest absolute Gasteiger partial charge is 0.306 e. The van der Waals surface area contributed by atoms with Gasteiger partial charge in [-0.3, -0.25) is 14.4 Å². The SMILES string of the molecule is CCn1nccc1CN1CCCC(c2cc(NC(=O)c3cnn4cccnc34)n(-c3ccc(C)cc3)n2)C1.